The Morgan fingerprint density at radius 1 is 1.11 bits per heavy atom. The molecule has 1 atom stereocenters. The first-order valence-electron chi connectivity index (χ1n) is 9.22. The summed E-state index contributed by atoms with van der Waals surface area (Å²) in [5.74, 6) is 0.710. The summed E-state index contributed by atoms with van der Waals surface area (Å²) >= 11 is 0. The zero-order chi connectivity index (χ0) is 19.2. The molecule has 5 nitrogen and oxygen atoms in total. The highest BCUT2D eigenvalue weighted by Gasteiger charge is 2.11. The van der Waals surface area contributed by atoms with E-state index >= 15 is 0 Å². The fourth-order valence-electron chi connectivity index (χ4n) is 3.14. The Kier molecular flexibility index (Phi) is 6.14. The lowest BCUT2D eigenvalue weighted by Gasteiger charge is -2.16. The molecule has 0 aliphatic carbocycles. The van der Waals surface area contributed by atoms with Gasteiger partial charge in [0.1, 0.15) is 18.5 Å². The third kappa shape index (κ3) is 4.89. The molecule has 1 heterocycles. The van der Waals surface area contributed by atoms with Crippen LogP contribution in [0.5, 0.6) is 5.75 Å². The highest BCUT2D eigenvalue weighted by Crippen LogP contribution is 2.22. The van der Waals surface area contributed by atoms with E-state index < -0.39 is 6.10 Å². The molecule has 2 N–H and O–H groups in total. The van der Waals surface area contributed by atoms with Crippen molar-refractivity contribution in [2.75, 3.05) is 13.2 Å². The Morgan fingerprint density at radius 2 is 1.85 bits per heavy atom. The number of amides is 1. The molecule has 142 valence electrons. The van der Waals surface area contributed by atoms with E-state index in [9.17, 15) is 9.90 Å². The number of carbonyl (C=O) groups is 1. The van der Waals surface area contributed by atoms with Crippen molar-refractivity contribution in [3.05, 3.63) is 65.9 Å². The summed E-state index contributed by atoms with van der Waals surface area (Å²) in [7, 11) is 0. The second-order valence-electron chi connectivity index (χ2n) is 6.81. The predicted molar refractivity (Wildman–Crippen MR) is 107 cm³/mol. The maximum absolute atomic E-state index is 12.1. The number of ether oxygens (including phenoxy) is 1. The van der Waals surface area contributed by atoms with Crippen LogP contribution in [0.25, 0.3) is 10.9 Å². The number of nitrogens with zero attached hydrogens (tertiary/aromatic N) is 1. The van der Waals surface area contributed by atoms with Gasteiger partial charge in [-0.3, -0.25) is 4.79 Å². The predicted octanol–water partition coefficient (Wildman–Crippen LogP) is 3.20. The molecule has 2 aromatic carbocycles. The number of aliphatic hydroxyl groups excluding tert-OH is 1. The van der Waals surface area contributed by atoms with E-state index in [1.54, 1.807) is 0 Å². The van der Waals surface area contributed by atoms with Crippen LogP contribution in [0.1, 0.15) is 17.5 Å². The van der Waals surface area contributed by atoms with E-state index in [0.717, 1.165) is 27.8 Å². The quantitative estimate of drug-likeness (QED) is 0.643. The minimum Gasteiger partial charge on any atom is -0.490 e. The van der Waals surface area contributed by atoms with E-state index in [1.807, 2.05) is 62.5 Å². The van der Waals surface area contributed by atoms with Crippen LogP contribution in [0, 0.1) is 13.8 Å². The van der Waals surface area contributed by atoms with Gasteiger partial charge in [0, 0.05) is 31.2 Å². The molecule has 0 spiro atoms. The van der Waals surface area contributed by atoms with Gasteiger partial charge in [-0.25, -0.2) is 0 Å². The number of fused-ring (bicyclic) bond motifs is 1. The van der Waals surface area contributed by atoms with Crippen molar-refractivity contribution in [2.45, 2.75) is 32.9 Å². The highest BCUT2D eigenvalue weighted by molar-refractivity contribution is 5.80. The average molecular weight is 366 g/mol. The molecule has 0 saturated heterocycles. The zero-order valence-corrected chi connectivity index (χ0v) is 15.8. The zero-order valence-electron chi connectivity index (χ0n) is 15.8. The second-order valence-corrected chi connectivity index (χ2v) is 6.81. The Labute approximate surface area is 159 Å². The molecule has 1 amide bonds. The lowest BCUT2D eigenvalue weighted by molar-refractivity contribution is -0.121. The fourth-order valence-corrected chi connectivity index (χ4v) is 3.14. The first-order chi connectivity index (χ1) is 13.0. The molecule has 0 saturated carbocycles. The summed E-state index contributed by atoms with van der Waals surface area (Å²) in [6, 6.07) is 16.1. The van der Waals surface area contributed by atoms with Crippen molar-refractivity contribution in [2.24, 2.45) is 0 Å². The fraction of sp³-hybridized carbons (Fsp3) is 0.318. The van der Waals surface area contributed by atoms with Gasteiger partial charge in [0.15, 0.2) is 0 Å². The monoisotopic (exact) mass is 366 g/mol. The first kappa shape index (κ1) is 19.0. The molecule has 3 rings (SSSR count). The van der Waals surface area contributed by atoms with Gasteiger partial charge in [-0.15, -0.1) is 0 Å². The molecule has 0 radical (unpaired) electrons. The topological polar surface area (TPSA) is 63.5 Å². The Balaban J connectivity index is 1.42. The summed E-state index contributed by atoms with van der Waals surface area (Å²) in [6.07, 6.45) is 1.61. The Morgan fingerprint density at radius 3 is 2.63 bits per heavy atom. The minimum absolute atomic E-state index is 0.0843. The van der Waals surface area contributed by atoms with Gasteiger partial charge in [0.2, 0.25) is 5.91 Å². The smallest absolute Gasteiger partial charge is 0.221 e. The van der Waals surface area contributed by atoms with Gasteiger partial charge < -0.3 is 19.7 Å². The number of nitrogens with one attached hydrogen (secondary N) is 1. The van der Waals surface area contributed by atoms with Gasteiger partial charge in [-0.2, -0.15) is 0 Å². The molecule has 0 fully saturated rings. The number of rotatable bonds is 8. The van der Waals surface area contributed by atoms with Crippen LogP contribution in [0.15, 0.2) is 54.7 Å². The van der Waals surface area contributed by atoms with Crippen molar-refractivity contribution in [1.82, 2.24) is 9.88 Å². The molecule has 5 heteroatoms. The van der Waals surface area contributed by atoms with Crippen LogP contribution < -0.4 is 10.1 Å². The average Bonchev–Trinajstić information content (AvgIpc) is 3.07. The van der Waals surface area contributed by atoms with Crippen molar-refractivity contribution in [3.63, 3.8) is 0 Å². The van der Waals surface area contributed by atoms with E-state index in [0.29, 0.717) is 13.0 Å². The molecule has 1 unspecified atom stereocenters. The normalized spacial score (nSPS) is 12.1. The van der Waals surface area contributed by atoms with Crippen LogP contribution in [0.3, 0.4) is 0 Å². The molecule has 3 aromatic rings. The number of hydrogen-bond donors (Lipinski definition) is 2. The molecular formula is C22H26N2O3. The van der Waals surface area contributed by atoms with Crippen molar-refractivity contribution >= 4 is 16.8 Å². The molecule has 27 heavy (non-hydrogen) atoms. The lowest BCUT2D eigenvalue weighted by atomic mass is 10.1. The van der Waals surface area contributed by atoms with Crippen LogP contribution in [0.2, 0.25) is 0 Å². The molecule has 0 aliphatic rings. The van der Waals surface area contributed by atoms with Crippen LogP contribution in [-0.2, 0) is 11.3 Å². The van der Waals surface area contributed by atoms with E-state index in [1.165, 1.54) is 0 Å². The van der Waals surface area contributed by atoms with Gasteiger partial charge >= 0.3 is 0 Å². The van der Waals surface area contributed by atoms with E-state index in [2.05, 4.69) is 16.0 Å². The summed E-state index contributed by atoms with van der Waals surface area (Å²) in [6.45, 7) is 4.88. The molecule has 0 bridgehead atoms. The lowest BCUT2D eigenvalue weighted by Crippen LogP contribution is -2.35. The summed E-state index contributed by atoms with van der Waals surface area (Å²) in [5.41, 5.74) is 3.18. The van der Waals surface area contributed by atoms with Crippen molar-refractivity contribution in [1.29, 1.82) is 0 Å². The third-order valence-electron chi connectivity index (χ3n) is 4.62. The van der Waals surface area contributed by atoms with E-state index in [4.69, 9.17) is 4.74 Å². The van der Waals surface area contributed by atoms with Crippen LogP contribution in [0.4, 0.5) is 0 Å². The SMILES string of the molecule is Cc1cccc(C)c1OCC(O)CNC(=O)CCn1ccc2ccccc21. The molecular weight excluding hydrogens is 340 g/mol. The summed E-state index contributed by atoms with van der Waals surface area (Å²) in [5, 5.41) is 14.0. The van der Waals surface area contributed by atoms with E-state index in [-0.39, 0.29) is 19.1 Å². The number of hydrogen-bond acceptors (Lipinski definition) is 3. The first-order valence-corrected chi connectivity index (χ1v) is 9.22. The van der Waals surface area contributed by atoms with Gasteiger partial charge in [0.05, 0.1) is 0 Å². The van der Waals surface area contributed by atoms with Gasteiger partial charge in [-0.05, 0) is 42.5 Å². The van der Waals surface area contributed by atoms with Crippen molar-refractivity contribution < 1.29 is 14.6 Å². The largest absolute Gasteiger partial charge is 0.490 e. The molecule has 0 aliphatic heterocycles. The maximum atomic E-state index is 12.1. The number of aryl methyl sites for hydroxylation is 3. The number of benzene rings is 2. The second kappa shape index (κ2) is 8.73. The summed E-state index contributed by atoms with van der Waals surface area (Å²) in [4.78, 5) is 12.1. The Bertz CT molecular complexity index is 897. The maximum Gasteiger partial charge on any atom is 0.221 e. The number of aliphatic hydroxyl groups is 1. The highest BCUT2D eigenvalue weighted by atomic mass is 16.5. The van der Waals surface area contributed by atoms with Crippen LogP contribution >= 0.6 is 0 Å². The third-order valence-corrected chi connectivity index (χ3v) is 4.62. The van der Waals surface area contributed by atoms with Crippen molar-refractivity contribution in [3.8, 4) is 5.75 Å². The minimum atomic E-state index is -0.750. The van der Waals surface area contributed by atoms with Crippen LogP contribution in [-0.4, -0.2) is 34.8 Å². The standard InChI is InChI=1S/C22H26N2O3/c1-16-6-5-7-17(2)22(16)27-15-19(25)14-23-21(26)11-13-24-12-10-18-8-3-4-9-20(18)24/h3-10,12,19,25H,11,13-15H2,1-2H3,(H,23,26). The number of para-hydroxylation sites is 2. The number of aromatic nitrogens is 1. The van der Waals surface area contributed by atoms with Gasteiger partial charge in [-0.1, -0.05) is 36.4 Å². The molecule has 1 aromatic heterocycles. The summed E-state index contributed by atoms with van der Waals surface area (Å²) < 4.78 is 7.79. The number of carbonyl (C=O) groups excluding carboxylic acids is 1. The van der Waals surface area contributed by atoms with Gasteiger partial charge in [0.25, 0.3) is 0 Å². The Hall–Kier alpha value is -2.79.